The van der Waals surface area contributed by atoms with Crippen molar-refractivity contribution < 1.29 is 4.74 Å². The predicted octanol–water partition coefficient (Wildman–Crippen LogP) is 2.71. The number of fused-ring (bicyclic) bond motifs is 3. The van der Waals surface area contributed by atoms with Crippen molar-refractivity contribution in [2.45, 2.75) is 50.2 Å². The molecule has 2 bridgehead atoms. The Morgan fingerprint density at radius 1 is 1.11 bits per heavy atom. The van der Waals surface area contributed by atoms with Crippen LogP contribution >= 0.6 is 0 Å². The number of ether oxygens (including phenoxy) is 1. The second kappa shape index (κ2) is 6.98. The molecule has 0 aliphatic carbocycles. The average molecular weight is 377 g/mol. The van der Waals surface area contributed by atoms with E-state index in [1.165, 1.54) is 32.6 Å². The van der Waals surface area contributed by atoms with Gasteiger partial charge in [-0.25, -0.2) is 9.97 Å². The molecule has 7 heteroatoms. The topological polar surface area (TPSA) is 81.9 Å². The van der Waals surface area contributed by atoms with Crippen LogP contribution in [0, 0.1) is 0 Å². The molecule has 0 spiro atoms. The van der Waals surface area contributed by atoms with E-state index in [4.69, 9.17) is 4.74 Å². The zero-order valence-corrected chi connectivity index (χ0v) is 15.8. The van der Waals surface area contributed by atoms with Crippen LogP contribution in [0.2, 0.25) is 0 Å². The van der Waals surface area contributed by atoms with Crippen LogP contribution in [0.4, 0.5) is 0 Å². The van der Waals surface area contributed by atoms with E-state index in [0.717, 1.165) is 23.9 Å². The standard InChI is InChI=1S/C21H23N5O2/c1-28-19-12-22-11-17(24-19)20-21(27)26(18-8-3-2-7-16(18)25-20)15-9-13-5-4-6-14(10-15)23-13/h2-3,7-8,11-15,23H,4-6,9-10H2,1H3. The van der Waals surface area contributed by atoms with E-state index in [0.29, 0.717) is 29.4 Å². The molecule has 2 saturated heterocycles. The Kier molecular flexibility index (Phi) is 4.31. The molecule has 28 heavy (non-hydrogen) atoms. The molecule has 4 heterocycles. The molecule has 1 N–H and O–H groups in total. The van der Waals surface area contributed by atoms with Gasteiger partial charge < -0.3 is 14.6 Å². The molecule has 2 unspecified atom stereocenters. The summed E-state index contributed by atoms with van der Waals surface area (Å²) in [5.41, 5.74) is 2.35. The number of para-hydroxylation sites is 2. The van der Waals surface area contributed by atoms with Crippen molar-refractivity contribution in [2.24, 2.45) is 0 Å². The van der Waals surface area contributed by atoms with Crippen molar-refractivity contribution in [3.8, 4) is 17.3 Å². The molecule has 0 saturated carbocycles. The number of hydrogen-bond acceptors (Lipinski definition) is 6. The molecule has 144 valence electrons. The van der Waals surface area contributed by atoms with Crippen LogP contribution in [0.3, 0.4) is 0 Å². The molecule has 2 aliphatic rings. The van der Waals surface area contributed by atoms with Crippen LogP contribution in [0.25, 0.3) is 22.4 Å². The maximum absolute atomic E-state index is 13.6. The van der Waals surface area contributed by atoms with Crippen LogP contribution in [0.15, 0.2) is 41.5 Å². The molecule has 0 radical (unpaired) electrons. The number of nitrogens with zero attached hydrogens (tertiary/aromatic N) is 4. The first-order valence-electron chi connectivity index (χ1n) is 9.86. The van der Waals surface area contributed by atoms with E-state index >= 15 is 0 Å². The fourth-order valence-electron chi connectivity index (χ4n) is 4.69. The highest BCUT2D eigenvalue weighted by atomic mass is 16.5. The smallest absolute Gasteiger partial charge is 0.279 e. The normalized spacial score (nSPS) is 24.2. The summed E-state index contributed by atoms with van der Waals surface area (Å²) in [6, 6.07) is 8.98. The Labute approximate surface area is 162 Å². The summed E-state index contributed by atoms with van der Waals surface area (Å²) >= 11 is 0. The van der Waals surface area contributed by atoms with Gasteiger partial charge in [-0.3, -0.25) is 9.78 Å². The van der Waals surface area contributed by atoms with E-state index in [1.54, 1.807) is 6.20 Å². The van der Waals surface area contributed by atoms with Crippen molar-refractivity contribution in [1.82, 2.24) is 24.8 Å². The van der Waals surface area contributed by atoms with Crippen LogP contribution in [-0.2, 0) is 0 Å². The van der Waals surface area contributed by atoms with Gasteiger partial charge in [-0.15, -0.1) is 0 Å². The molecular weight excluding hydrogens is 354 g/mol. The van der Waals surface area contributed by atoms with Gasteiger partial charge >= 0.3 is 0 Å². The molecule has 2 aromatic heterocycles. The summed E-state index contributed by atoms with van der Waals surface area (Å²) in [6.45, 7) is 0. The summed E-state index contributed by atoms with van der Waals surface area (Å²) in [5, 5.41) is 3.71. The van der Waals surface area contributed by atoms with Crippen molar-refractivity contribution in [3.63, 3.8) is 0 Å². The van der Waals surface area contributed by atoms with E-state index < -0.39 is 0 Å². The Morgan fingerprint density at radius 3 is 2.68 bits per heavy atom. The predicted molar refractivity (Wildman–Crippen MR) is 106 cm³/mol. The lowest BCUT2D eigenvalue weighted by molar-refractivity contribution is 0.189. The number of benzene rings is 1. The first kappa shape index (κ1) is 17.3. The first-order valence-corrected chi connectivity index (χ1v) is 9.86. The molecule has 2 aliphatic heterocycles. The van der Waals surface area contributed by atoms with Gasteiger partial charge in [0.2, 0.25) is 5.88 Å². The van der Waals surface area contributed by atoms with Crippen LogP contribution < -0.4 is 15.6 Å². The van der Waals surface area contributed by atoms with Gasteiger partial charge in [0, 0.05) is 18.1 Å². The van der Waals surface area contributed by atoms with E-state index in [1.807, 2.05) is 28.8 Å². The summed E-state index contributed by atoms with van der Waals surface area (Å²) < 4.78 is 7.13. The fraction of sp³-hybridized carbons (Fsp3) is 0.429. The Morgan fingerprint density at radius 2 is 1.89 bits per heavy atom. The van der Waals surface area contributed by atoms with Gasteiger partial charge in [-0.2, -0.15) is 0 Å². The Balaban J connectivity index is 1.69. The highest BCUT2D eigenvalue weighted by Crippen LogP contribution is 2.34. The van der Waals surface area contributed by atoms with E-state index in [2.05, 4.69) is 20.3 Å². The minimum atomic E-state index is -0.105. The summed E-state index contributed by atoms with van der Waals surface area (Å²) in [4.78, 5) is 26.8. The van der Waals surface area contributed by atoms with Crippen molar-refractivity contribution >= 4 is 11.0 Å². The lowest BCUT2D eigenvalue weighted by Crippen LogP contribution is -2.50. The largest absolute Gasteiger partial charge is 0.480 e. The number of methoxy groups -OCH3 is 1. The third-order valence-corrected chi connectivity index (χ3v) is 5.91. The number of aromatic nitrogens is 4. The second-order valence-corrected chi connectivity index (χ2v) is 7.69. The second-order valence-electron chi connectivity index (χ2n) is 7.69. The van der Waals surface area contributed by atoms with Crippen LogP contribution in [-0.4, -0.2) is 38.7 Å². The monoisotopic (exact) mass is 377 g/mol. The van der Waals surface area contributed by atoms with Gasteiger partial charge in [0.1, 0.15) is 5.69 Å². The number of piperidine rings is 2. The molecule has 0 amide bonds. The molecule has 5 rings (SSSR count). The molecule has 1 aromatic carbocycles. The first-order chi connectivity index (χ1) is 13.7. The number of nitrogens with one attached hydrogen (secondary N) is 1. The molecule has 3 aromatic rings. The molecule has 7 nitrogen and oxygen atoms in total. The average Bonchev–Trinajstić information content (AvgIpc) is 2.73. The van der Waals surface area contributed by atoms with Crippen molar-refractivity contribution in [3.05, 3.63) is 47.0 Å². The third-order valence-electron chi connectivity index (χ3n) is 5.91. The lowest BCUT2D eigenvalue weighted by Gasteiger charge is -2.41. The van der Waals surface area contributed by atoms with E-state index in [9.17, 15) is 4.79 Å². The van der Waals surface area contributed by atoms with Gasteiger partial charge in [0.25, 0.3) is 5.56 Å². The summed E-state index contributed by atoms with van der Waals surface area (Å²) in [6.07, 6.45) is 8.66. The fourth-order valence-corrected chi connectivity index (χ4v) is 4.69. The highest BCUT2D eigenvalue weighted by molar-refractivity contribution is 5.77. The maximum Gasteiger partial charge on any atom is 0.279 e. The highest BCUT2D eigenvalue weighted by Gasteiger charge is 2.33. The van der Waals surface area contributed by atoms with Gasteiger partial charge in [0.05, 0.1) is 30.5 Å². The van der Waals surface area contributed by atoms with Crippen LogP contribution in [0.1, 0.15) is 38.1 Å². The van der Waals surface area contributed by atoms with Gasteiger partial charge in [-0.05, 0) is 37.8 Å². The molecule has 2 fully saturated rings. The van der Waals surface area contributed by atoms with E-state index in [-0.39, 0.29) is 11.6 Å². The van der Waals surface area contributed by atoms with Crippen molar-refractivity contribution in [1.29, 1.82) is 0 Å². The quantitative estimate of drug-likeness (QED) is 0.756. The minimum Gasteiger partial charge on any atom is -0.480 e. The van der Waals surface area contributed by atoms with Crippen molar-refractivity contribution in [2.75, 3.05) is 7.11 Å². The summed E-state index contributed by atoms with van der Waals surface area (Å²) in [7, 11) is 1.54. The Hall–Kier alpha value is -2.80. The third kappa shape index (κ3) is 2.96. The molecule has 2 atom stereocenters. The zero-order chi connectivity index (χ0) is 19.1. The molecular formula is C21H23N5O2. The number of rotatable bonds is 3. The lowest BCUT2D eigenvalue weighted by atomic mass is 9.84. The summed E-state index contributed by atoms with van der Waals surface area (Å²) in [5.74, 6) is 0.370. The zero-order valence-electron chi connectivity index (χ0n) is 15.8. The van der Waals surface area contributed by atoms with Crippen LogP contribution in [0.5, 0.6) is 5.88 Å². The SMILES string of the molecule is COc1cncc(-c2nc3ccccc3n(C3CC4CCCC(C3)N4)c2=O)n1. The maximum atomic E-state index is 13.6. The number of hydrogen-bond donors (Lipinski definition) is 1. The van der Waals surface area contributed by atoms with Gasteiger partial charge in [0.15, 0.2) is 5.69 Å². The Bertz CT molecular complexity index is 1070. The minimum absolute atomic E-state index is 0.105. The van der Waals surface area contributed by atoms with Gasteiger partial charge in [-0.1, -0.05) is 18.6 Å².